The van der Waals surface area contributed by atoms with Crippen molar-refractivity contribution in [3.05, 3.63) is 66.8 Å². The minimum absolute atomic E-state index is 0.123. The van der Waals surface area contributed by atoms with Crippen LogP contribution in [0.4, 0.5) is 15.9 Å². The molecule has 1 aromatic carbocycles. The van der Waals surface area contributed by atoms with Gasteiger partial charge in [-0.2, -0.15) is 5.10 Å². The Kier molecular flexibility index (Phi) is 5.50. The molecule has 5 aromatic rings. The molecule has 6 heterocycles. The number of hydrogen-bond acceptors (Lipinski definition) is 9. The Morgan fingerprint density at radius 3 is 2.76 bits per heavy atom. The van der Waals surface area contributed by atoms with E-state index in [9.17, 15) is 0 Å². The zero-order chi connectivity index (χ0) is 25.6. The summed E-state index contributed by atoms with van der Waals surface area (Å²) in [6.45, 7) is 1.67. The van der Waals surface area contributed by atoms with E-state index in [1.54, 1.807) is 48.1 Å². The first-order chi connectivity index (χ1) is 18.6. The second-order valence-corrected chi connectivity index (χ2v) is 9.81. The van der Waals surface area contributed by atoms with Crippen LogP contribution in [0.5, 0.6) is 17.4 Å². The van der Waals surface area contributed by atoms with Crippen LogP contribution in [0.1, 0.15) is 31.2 Å². The largest absolute Gasteiger partial charge is 0.474 e. The van der Waals surface area contributed by atoms with Crippen LogP contribution in [0.2, 0.25) is 0 Å². The van der Waals surface area contributed by atoms with E-state index in [-0.39, 0.29) is 11.8 Å². The lowest BCUT2D eigenvalue weighted by molar-refractivity contribution is 0.132. The third kappa shape index (κ3) is 4.24. The number of anilines is 2. The average Bonchev–Trinajstić information content (AvgIpc) is 3.53. The zero-order valence-corrected chi connectivity index (χ0v) is 20.6. The van der Waals surface area contributed by atoms with Crippen molar-refractivity contribution in [2.24, 2.45) is 0 Å². The van der Waals surface area contributed by atoms with Crippen LogP contribution in [-0.4, -0.2) is 47.7 Å². The quantitative estimate of drug-likeness (QED) is 0.334. The number of piperidine rings is 1. The topological polar surface area (TPSA) is 111 Å². The number of benzene rings is 1. The summed E-state index contributed by atoms with van der Waals surface area (Å²) in [6.07, 6.45) is 10.8. The molecule has 192 valence electrons. The molecule has 38 heavy (non-hydrogen) atoms. The van der Waals surface area contributed by atoms with Crippen LogP contribution in [0.15, 0.2) is 55.4 Å². The Labute approximate surface area is 217 Å². The van der Waals surface area contributed by atoms with E-state index in [1.807, 2.05) is 6.07 Å². The highest BCUT2D eigenvalue weighted by molar-refractivity contribution is 5.90. The summed E-state index contributed by atoms with van der Waals surface area (Å²) in [5.41, 5.74) is 1.92. The molecule has 2 atom stereocenters. The van der Waals surface area contributed by atoms with Crippen LogP contribution in [-0.2, 0) is 0 Å². The monoisotopic (exact) mass is 512 g/mol. The molecule has 7 rings (SSSR count). The Balaban J connectivity index is 1.13. The Hall–Kier alpha value is -4.38. The molecule has 2 aliphatic heterocycles. The van der Waals surface area contributed by atoms with Gasteiger partial charge in [0.1, 0.15) is 36.1 Å². The van der Waals surface area contributed by atoms with Crippen LogP contribution >= 0.6 is 0 Å². The molecule has 2 fully saturated rings. The number of ether oxygens (including phenoxy) is 2. The van der Waals surface area contributed by atoms with Gasteiger partial charge in [0.15, 0.2) is 11.5 Å². The van der Waals surface area contributed by atoms with E-state index >= 15 is 4.39 Å². The van der Waals surface area contributed by atoms with Gasteiger partial charge in [-0.25, -0.2) is 28.8 Å². The van der Waals surface area contributed by atoms with Gasteiger partial charge in [-0.1, -0.05) is 0 Å². The fraction of sp³-hybridized carbons (Fsp3) is 0.296. The lowest BCUT2D eigenvalue weighted by atomic mass is 10.0. The number of rotatable bonds is 6. The number of halogens is 1. The average molecular weight is 513 g/mol. The first-order valence-corrected chi connectivity index (χ1v) is 12.7. The first kappa shape index (κ1) is 22.8. The summed E-state index contributed by atoms with van der Waals surface area (Å²) >= 11 is 0. The standard InChI is InChI=1S/C27H25FN8O2/c1-15-23(37-18-6-7-36-24(10-18)31-14-33-36)5-4-21(26(15)28)35-27-20-11-25(29-12-22(20)30-13-32-27)38-19-8-16-2-3-17(9-19)34-16/h4-7,10-14,16-17,19,34H,2-3,8-9H2,1H3,(H,30,32,35). The van der Waals surface area contributed by atoms with Gasteiger partial charge in [0.25, 0.3) is 0 Å². The summed E-state index contributed by atoms with van der Waals surface area (Å²) < 4.78 is 29.3. The Bertz CT molecular complexity index is 1650. The van der Waals surface area contributed by atoms with E-state index in [1.165, 1.54) is 25.5 Å². The highest BCUT2D eigenvalue weighted by Crippen LogP contribution is 2.34. The summed E-state index contributed by atoms with van der Waals surface area (Å²) in [7, 11) is 0. The first-order valence-electron chi connectivity index (χ1n) is 12.7. The van der Waals surface area contributed by atoms with Crippen molar-refractivity contribution < 1.29 is 13.9 Å². The molecule has 2 N–H and O–H groups in total. The molecular weight excluding hydrogens is 487 g/mol. The minimum atomic E-state index is -0.437. The molecule has 0 saturated carbocycles. The molecule has 2 bridgehead atoms. The maximum Gasteiger partial charge on any atom is 0.214 e. The van der Waals surface area contributed by atoms with E-state index in [4.69, 9.17) is 9.47 Å². The van der Waals surface area contributed by atoms with Crippen molar-refractivity contribution in [3.63, 3.8) is 0 Å². The lowest BCUT2D eigenvalue weighted by Crippen LogP contribution is -2.42. The number of fused-ring (bicyclic) bond motifs is 4. The van der Waals surface area contributed by atoms with Gasteiger partial charge in [-0.15, -0.1) is 0 Å². The number of nitrogens with zero attached hydrogens (tertiary/aromatic N) is 6. The minimum Gasteiger partial charge on any atom is -0.474 e. The Morgan fingerprint density at radius 2 is 1.89 bits per heavy atom. The molecule has 0 amide bonds. The molecule has 2 aliphatic rings. The van der Waals surface area contributed by atoms with Crippen molar-refractivity contribution in [3.8, 4) is 17.4 Å². The number of pyridine rings is 2. The molecule has 4 aromatic heterocycles. The van der Waals surface area contributed by atoms with Gasteiger partial charge in [0.2, 0.25) is 5.88 Å². The number of hydrogen-bond donors (Lipinski definition) is 2. The fourth-order valence-electron chi connectivity index (χ4n) is 5.37. The van der Waals surface area contributed by atoms with E-state index in [0.717, 1.165) is 12.8 Å². The molecular formula is C27H25FN8O2. The second kappa shape index (κ2) is 9.18. The number of nitrogens with one attached hydrogen (secondary N) is 2. The molecule has 2 unspecified atom stereocenters. The predicted molar refractivity (Wildman–Crippen MR) is 138 cm³/mol. The van der Waals surface area contributed by atoms with Gasteiger partial charge < -0.3 is 20.1 Å². The van der Waals surface area contributed by atoms with Crippen LogP contribution in [0, 0.1) is 12.7 Å². The van der Waals surface area contributed by atoms with E-state index in [0.29, 0.717) is 57.4 Å². The van der Waals surface area contributed by atoms with Crippen molar-refractivity contribution in [1.29, 1.82) is 0 Å². The summed E-state index contributed by atoms with van der Waals surface area (Å²) in [5, 5.41) is 11.5. The SMILES string of the molecule is Cc1c(Oc2ccn3ncnc3c2)ccc(Nc2ncnc3cnc(OC4CC5CCC(C4)N5)cc23)c1F. The number of aromatic nitrogens is 6. The molecule has 10 nitrogen and oxygen atoms in total. The Morgan fingerprint density at radius 1 is 1.03 bits per heavy atom. The summed E-state index contributed by atoms with van der Waals surface area (Å²) in [6, 6.07) is 9.70. The zero-order valence-electron chi connectivity index (χ0n) is 20.6. The molecule has 0 radical (unpaired) electrons. The second-order valence-electron chi connectivity index (χ2n) is 9.81. The van der Waals surface area contributed by atoms with Crippen LogP contribution in [0.3, 0.4) is 0 Å². The van der Waals surface area contributed by atoms with Crippen molar-refractivity contribution in [2.45, 2.75) is 50.8 Å². The molecule has 0 aliphatic carbocycles. The molecule has 0 spiro atoms. The van der Waals surface area contributed by atoms with Gasteiger partial charge in [-0.05, 0) is 50.8 Å². The van der Waals surface area contributed by atoms with Crippen molar-refractivity contribution in [1.82, 2.24) is 34.9 Å². The third-order valence-corrected chi connectivity index (χ3v) is 7.28. The van der Waals surface area contributed by atoms with Gasteiger partial charge in [-0.3, -0.25) is 0 Å². The predicted octanol–water partition coefficient (Wildman–Crippen LogP) is 4.71. The summed E-state index contributed by atoms with van der Waals surface area (Å²) in [5.74, 6) is 1.50. The normalized spacial score (nSPS) is 20.6. The van der Waals surface area contributed by atoms with Gasteiger partial charge in [0.05, 0.1) is 17.4 Å². The van der Waals surface area contributed by atoms with Crippen LogP contribution < -0.4 is 20.1 Å². The highest BCUT2D eigenvalue weighted by atomic mass is 19.1. The third-order valence-electron chi connectivity index (χ3n) is 7.28. The van der Waals surface area contributed by atoms with Crippen molar-refractivity contribution in [2.75, 3.05) is 5.32 Å². The van der Waals surface area contributed by atoms with Crippen LogP contribution in [0.25, 0.3) is 16.6 Å². The van der Waals surface area contributed by atoms with Crippen molar-refractivity contribution >= 4 is 28.1 Å². The maximum absolute atomic E-state index is 15.5. The lowest BCUT2D eigenvalue weighted by Gasteiger charge is -2.29. The van der Waals surface area contributed by atoms with E-state index in [2.05, 4.69) is 35.7 Å². The smallest absolute Gasteiger partial charge is 0.214 e. The summed E-state index contributed by atoms with van der Waals surface area (Å²) in [4.78, 5) is 17.3. The van der Waals surface area contributed by atoms with Gasteiger partial charge in [0, 0.05) is 41.4 Å². The molecule has 11 heteroatoms. The van der Waals surface area contributed by atoms with Gasteiger partial charge >= 0.3 is 0 Å². The fourth-order valence-corrected chi connectivity index (χ4v) is 5.37. The molecule has 2 saturated heterocycles. The maximum atomic E-state index is 15.5. The van der Waals surface area contributed by atoms with E-state index < -0.39 is 5.82 Å². The highest BCUT2D eigenvalue weighted by Gasteiger charge is 2.34.